The van der Waals surface area contributed by atoms with E-state index in [9.17, 15) is 35.4 Å². The Morgan fingerprint density at radius 1 is 0.719 bits per heavy atom. The first-order valence-electron chi connectivity index (χ1n) is 16.2. The summed E-state index contributed by atoms with van der Waals surface area (Å²) in [6.45, 7) is 3.20. The molecule has 0 atom stereocenters. The average Bonchev–Trinajstić information content (AvgIpc) is 4.00. The van der Waals surface area contributed by atoms with Gasteiger partial charge in [0.1, 0.15) is 57.8 Å². The minimum Gasteiger partial charge on any atom is -0.870 e. The van der Waals surface area contributed by atoms with Crippen molar-refractivity contribution in [1.82, 2.24) is 30.4 Å². The van der Waals surface area contributed by atoms with Crippen LogP contribution in [0.1, 0.15) is 43.4 Å². The summed E-state index contributed by atoms with van der Waals surface area (Å²) < 4.78 is 16.2. The van der Waals surface area contributed by atoms with Gasteiger partial charge in [0.15, 0.2) is 11.3 Å². The molecule has 0 aliphatic heterocycles. The second-order valence-electron chi connectivity index (χ2n) is 12.0. The van der Waals surface area contributed by atoms with Crippen LogP contribution >= 0.6 is 0 Å². The molecule has 57 heavy (non-hydrogen) atoms. The summed E-state index contributed by atoms with van der Waals surface area (Å²) in [5.41, 5.74) is 4.60. The normalized spacial score (nSPS) is 10.4. The largest absolute Gasteiger partial charge is 1.00 e. The van der Waals surface area contributed by atoms with Gasteiger partial charge in [-0.3, -0.25) is 10.2 Å². The van der Waals surface area contributed by atoms with E-state index in [-0.39, 0.29) is 69.6 Å². The molecule has 8 aromatic rings. The molecule has 0 aliphatic rings. The Morgan fingerprint density at radius 3 is 1.49 bits per heavy atom. The predicted molar refractivity (Wildman–Crippen MR) is 197 cm³/mol. The van der Waals surface area contributed by atoms with E-state index in [1.54, 1.807) is 50.4 Å². The minimum absolute atomic E-state index is 0. The number of methoxy groups -OCH3 is 1. The molecule has 0 bridgehead atoms. The molecule has 6 N–H and O–H groups in total. The standard InChI is InChI=1S/C20H14N4O4.C19H12N4O4.Li.H2O/c1-10-13(20(26)27-2)7-16(28-10)17-14(8-21)18(11-3-5-12(25)6-4-11)23-19-15(17)9-22-24-19;1-9-12(19(25)26)6-15(27-9)16-13(7-20)17(10-2-4-11(24)5-3-10)22-18-14(16)8-21-23-18;;/h3-7,9,25H,1-2H3,(H,22,23,24);2-6,8,24H,1H3,(H,25,26)(H,21,22,23);;1H2/q;;+1;/p-1. The molecule has 17 nitrogen and oxygen atoms in total. The second-order valence-corrected chi connectivity index (χ2v) is 12.0. The number of phenolic OH excluding ortho intramolecular Hbond substituents is 2. The number of pyridine rings is 2. The van der Waals surface area contributed by atoms with Crippen molar-refractivity contribution in [2.75, 3.05) is 7.11 Å². The number of ether oxygens (including phenoxy) is 1. The number of nitrogens with zero attached hydrogens (tertiary/aromatic N) is 6. The molecule has 6 heterocycles. The summed E-state index contributed by atoms with van der Waals surface area (Å²) >= 11 is 0. The number of carbonyl (C=O) groups excluding carboxylic acids is 1. The van der Waals surface area contributed by atoms with Crippen molar-refractivity contribution < 1.29 is 62.8 Å². The van der Waals surface area contributed by atoms with E-state index in [0.29, 0.717) is 67.2 Å². The molecular formula is C39H27LiN8O9. The van der Waals surface area contributed by atoms with Gasteiger partial charge < -0.3 is 34.4 Å². The number of nitrogens with one attached hydrogen (secondary N) is 2. The number of fused-ring (bicyclic) bond motifs is 2. The Hall–Kier alpha value is -7.68. The minimum atomic E-state index is -1.11. The van der Waals surface area contributed by atoms with Gasteiger partial charge in [-0.05, 0) is 74.5 Å². The SMILES string of the molecule is COC(=O)c1cc(-c2c(C#N)c(-c3ccc(O)cc3)nc3[nH]ncc23)oc1C.Cc1oc(-c2c(C#N)c(-c3ccc(O)cc3)nc3[nH]ncc23)cc1C(=O)O.[Li+].[OH-]. The number of carboxylic acid groups (broad SMARTS) is 1. The number of hydrogen-bond donors (Lipinski definition) is 5. The summed E-state index contributed by atoms with van der Waals surface area (Å²) in [7, 11) is 1.29. The zero-order chi connectivity index (χ0) is 39.0. The van der Waals surface area contributed by atoms with Crippen LogP contribution in [0.15, 0.2) is 81.9 Å². The van der Waals surface area contributed by atoms with E-state index in [1.165, 1.54) is 43.6 Å². The zero-order valence-corrected chi connectivity index (χ0v) is 30.4. The quantitative estimate of drug-likeness (QED) is 0.119. The molecule has 0 amide bonds. The number of aryl methyl sites for hydroxylation is 2. The molecule has 6 aromatic heterocycles. The molecule has 0 saturated heterocycles. The molecule has 0 saturated carbocycles. The maximum absolute atomic E-state index is 12.0. The predicted octanol–water partition coefficient (Wildman–Crippen LogP) is 3.85. The molecule has 8 rings (SSSR count). The van der Waals surface area contributed by atoms with E-state index < -0.39 is 11.9 Å². The number of hydrogen-bond acceptors (Lipinski definition) is 14. The van der Waals surface area contributed by atoms with Crippen LogP contribution in [0, 0.1) is 36.5 Å². The summed E-state index contributed by atoms with van der Waals surface area (Å²) in [5.74, 6) is -0.244. The van der Waals surface area contributed by atoms with Crippen LogP contribution in [0.4, 0.5) is 0 Å². The van der Waals surface area contributed by atoms with Crippen LogP contribution in [0.25, 0.3) is 67.2 Å². The molecular weight excluding hydrogens is 731 g/mol. The van der Waals surface area contributed by atoms with Crippen molar-refractivity contribution in [2.24, 2.45) is 0 Å². The van der Waals surface area contributed by atoms with Crippen LogP contribution in [-0.4, -0.2) is 70.2 Å². The van der Waals surface area contributed by atoms with E-state index in [1.807, 2.05) is 0 Å². The third kappa shape index (κ3) is 7.40. The zero-order valence-electron chi connectivity index (χ0n) is 30.4. The summed E-state index contributed by atoms with van der Waals surface area (Å²) in [6, 6.07) is 19.9. The molecule has 278 valence electrons. The number of carbonyl (C=O) groups is 2. The van der Waals surface area contributed by atoms with Gasteiger partial charge in [0.25, 0.3) is 0 Å². The second kappa shape index (κ2) is 16.4. The Morgan fingerprint density at radius 2 is 1.12 bits per heavy atom. The van der Waals surface area contributed by atoms with Gasteiger partial charge in [-0.25, -0.2) is 19.6 Å². The van der Waals surface area contributed by atoms with Crippen LogP contribution in [0.5, 0.6) is 11.5 Å². The average molecular weight is 759 g/mol. The number of aromatic hydroxyl groups is 2. The fourth-order valence-corrected chi connectivity index (χ4v) is 6.06. The van der Waals surface area contributed by atoms with E-state index >= 15 is 0 Å². The van der Waals surface area contributed by atoms with Crippen molar-refractivity contribution in [3.05, 3.63) is 107 Å². The summed E-state index contributed by atoms with van der Waals surface area (Å²) in [6.07, 6.45) is 3.06. The van der Waals surface area contributed by atoms with Crippen molar-refractivity contribution in [3.63, 3.8) is 0 Å². The van der Waals surface area contributed by atoms with Crippen LogP contribution in [0.2, 0.25) is 0 Å². The number of esters is 1. The van der Waals surface area contributed by atoms with Crippen molar-refractivity contribution in [1.29, 1.82) is 10.5 Å². The fraction of sp³-hybridized carbons (Fsp3) is 0.0769. The molecule has 0 unspecified atom stereocenters. The molecule has 0 radical (unpaired) electrons. The van der Waals surface area contributed by atoms with Crippen molar-refractivity contribution in [3.8, 4) is 68.8 Å². The number of phenols is 2. The Labute approximate surface area is 333 Å². The molecule has 0 aliphatic carbocycles. The summed E-state index contributed by atoms with van der Waals surface area (Å²) in [5, 5.41) is 62.8. The first kappa shape index (κ1) is 40.5. The third-order valence-electron chi connectivity index (χ3n) is 8.67. The van der Waals surface area contributed by atoms with Crippen molar-refractivity contribution >= 4 is 34.0 Å². The van der Waals surface area contributed by atoms with Gasteiger partial charge in [0.05, 0.1) is 52.8 Å². The number of benzene rings is 2. The molecule has 0 fully saturated rings. The van der Waals surface area contributed by atoms with Gasteiger partial charge in [0, 0.05) is 22.3 Å². The Kier molecular flexibility index (Phi) is 11.6. The molecule has 18 heteroatoms. The topological polar surface area (TPSA) is 291 Å². The number of nitriles is 2. The fourth-order valence-electron chi connectivity index (χ4n) is 6.06. The number of H-pyrrole nitrogens is 2. The van der Waals surface area contributed by atoms with E-state index in [0.717, 1.165) is 0 Å². The number of rotatable bonds is 6. The number of aromatic nitrogens is 6. The first-order chi connectivity index (χ1) is 26.5. The number of aromatic amines is 2. The number of aromatic carboxylic acids is 1. The molecule has 2 aromatic carbocycles. The van der Waals surface area contributed by atoms with Crippen molar-refractivity contribution in [2.45, 2.75) is 13.8 Å². The van der Waals surface area contributed by atoms with Gasteiger partial charge in [-0.2, -0.15) is 20.7 Å². The van der Waals surface area contributed by atoms with E-state index in [4.69, 9.17) is 13.6 Å². The third-order valence-corrected chi connectivity index (χ3v) is 8.67. The van der Waals surface area contributed by atoms with Gasteiger partial charge in [0.2, 0.25) is 0 Å². The van der Waals surface area contributed by atoms with E-state index in [2.05, 4.69) is 42.5 Å². The number of furan rings is 2. The van der Waals surface area contributed by atoms with Crippen LogP contribution in [0.3, 0.4) is 0 Å². The van der Waals surface area contributed by atoms with Crippen LogP contribution < -0.4 is 18.9 Å². The Balaban J connectivity index is 0.000000210. The molecule has 0 spiro atoms. The number of carboxylic acids is 1. The maximum atomic E-state index is 12.0. The maximum Gasteiger partial charge on any atom is 1.00 e. The van der Waals surface area contributed by atoms with Gasteiger partial charge >= 0.3 is 30.8 Å². The monoisotopic (exact) mass is 758 g/mol. The van der Waals surface area contributed by atoms with Crippen LogP contribution in [-0.2, 0) is 4.74 Å². The van der Waals surface area contributed by atoms with Gasteiger partial charge in [-0.1, -0.05) is 0 Å². The summed E-state index contributed by atoms with van der Waals surface area (Å²) in [4.78, 5) is 32.3. The van der Waals surface area contributed by atoms with Gasteiger partial charge in [-0.15, -0.1) is 0 Å². The first-order valence-corrected chi connectivity index (χ1v) is 16.2. The Bertz CT molecular complexity index is 2880. The smallest absolute Gasteiger partial charge is 0.870 e.